The quantitative estimate of drug-likeness (QED) is 0.656. The van der Waals surface area contributed by atoms with Crippen LogP contribution in [0, 0.1) is 5.92 Å². The standard InChI is InChI=1S/C20H21Cl2NO2.BrH/c1-2-23-12-11-20(25,15-5-9-17(22)10-6-15)18(13-23)19(24)14-3-7-16(21)8-4-14;/h3-10,18,25H,2,11-13H2,1H3;1H. The maximum absolute atomic E-state index is 13.2. The van der Waals surface area contributed by atoms with Gasteiger partial charge in [0.05, 0.1) is 5.92 Å². The summed E-state index contributed by atoms with van der Waals surface area (Å²) in [6.45, 7) is 4.19. The third-order valence-electron chi connectivity index (χ3n) is 5.06. The number of likely N-dealkylation sites (tertiary alicyclic amines) is 1. The second kappa shape index (κ2) is 8.85. The fourth-order valence-corrected chi connectivity index (χ4v) is 3.74. The van der Waals surface area contributed by atoms with Crippen molar-refractivity contribution >= 4 is 46.0 Å². The molecule has 0 radical (unpaired) electrons. The Morgan fingerprint density at radius 3 is 2.19 bits per heavy atom. The van der Waals surface area contributed by atoms with E-state index in [-0.39, 0.29) is 22.8 Å². The average Bonchev–Trinajstić information content (AvgIpc) is 2.62. The zero-order valence-electron chi connectivity index (χ0n) is 14.5. The first-order valence-corrected chi connectivity index (χ1v) is 9.20. The SMILES string of the molecule is Br.CCN1CCC(O)(c2ccc(Cl)cc2)C(C(=O)c2ccc(Cl)cc2)C1. The van der Waals surface area contributed by atoms with Crippen molar-refractivity contribution in [1.29, 1.82) is 0 Å². The molecule has 2 aromatic carbocycles. The molecule has 2 unspecified atom stereocenters. The Bertz CT molecular complexity index is 751. The van der Waals surface area contributed by atoms with Crippen LogP contribution in [0.1, 0.15) is 29.3 Å². The van der Waals surface area contributed by atoms with E-state index >= 15 is 0 Å². The predicted octanol–water partition coefficient (Wildman–Crippen LogP) is 4.98. The minimum atomic E-state index is -1.20. The van der Waals surface area contributed by atoms with Crippen molar-refractivity contribution in [2.75, 3.05) is 19.6 Å². The first-order valence-electron chi connectivity index (χ1n) is 8.44. The fraction of sp³-hybridized carbons (Fsp3) is 0.350. The average molecular weight is 459 g/mol. The zero-order valence-corrected chi connectivity index (χ0v) is 17.7. The van der Waals surface area contributed by atoms with Gasteiger partial charge in [-0.1, -0.05) is 42.3 Å². The lowest BCUT2D eigenvalue weighted by Crippen LogP contribution is -2.53. The third kappa shape index (κ3) is 4.32. The molecule has 3 rings (SSSR count). The second-order valence-electron chi connectivity index (χ2n) is 6.50. The normalized spacial score (nSPS) is 23.3. The number of nitrogens with zero attached hydrogens (tertiary/aromatic N) is 1. The zero-order chi connectivity index (χ0) is 18.0. The van der Waals surface area contributed by atoms with E-state index in [1.807, 2.05) is 12.1 Å². The molecule has 0 bridgehead atoms. The van der Waals surface area contributed by atoms with Crippen LogP contribution in [0.4, 0.5) is 0 Å². The number of benzene rings is 2. The molecule has 140 valence electrons. The van der Waals surface area contributed by atoms with E-state index < -0.39 is 11.5 Å². The molecule has 2 aromatic rings. The maximum Gasteiger partial charge on any atom is 0.170 e. The molecule has 1 aliphatic heterocycles. The lowest BCUT2D eigenvalue weighted by Gasteiger charge is -2.44. The summed E-state index contributed by atoms with van der Waals surface area (Å²) in [5.41, 5.74) is 0.104. The van der Waals surface area contributed by atoms with Crippen molar-refractivity contribution in [3.8, 4) is 0 Å². The van der Waals surface area contributed by atoms with Gasteiger partial charge in [-0.3, -0.25) is 4.79 Å². The van der Waals surface area contributed by atoms with Crippen LogP contribution in [-0.4, -0.2) is 35.4 Å². The Kier molecular flexibility index (Phi) is 7.28. The summed E-state index contributed by atoms with van der Waals surface area (Å²) in [6, 6.07) is 14.0. The van der Waals surface area contributed by atoms with Crippen molar-refractivity contribution < 1.29 is 9.90 Å². The third-order valence-corrected chi connectivity index (χ3v) is 5.57. The first-order chi connectivity index (χ1) is 11.9. The summed E-state index contributed by atoms with van der Waals surface area (Å²) in [6.07, 6.45) is 0.506. The van der Waals surface area contributed by atoms with Crippen molar-refractivity contribution in [3.05, 3.63) is 69.7 Å². The first kappa shape index (κ1) is 21.4. The Morgan fingerprint density at radius 1 is 1.12 bits per heavy atom. The van der Waals surface area contributed by atoms with Gasteiger partial charge in [-0.15, -0.1) is 17.0 Å². The van der Waals surface area contributed by atoms with Gasteiger partial charge >= 0.3 is 0 Å². The largest absolute Gasteiger partial charge is 0.384 e. The number of rotatable bonds is 4. The molecule has 0 saturated carbocycles. The van der Waals surface area contributed by atoms with Crippen LogP contribution in [0.5, 0.6) is 0 Å². The highest BCUT2D eigenvalue weighted by Gasteiger charge is 2.46. The number of Topliss-reactive ketones (excluding diaryl/α,β-unsaturated/α-hetero) is 1. The molecule has 6 heteroatoms. The molecule has 2 atom stereocenters. The summed E-state index contributed by atoms with van der Waals surface area (Å²) in [5.74, 6) is -0.601. The lowest BCUT2D eigenvalue weighted by atomic mass is 9.72. The van der Waals surface area contributed by atoms with Crippen LogP contribution in [0.3, 0.4) is 0 Å². The minimum absolute atomic E-state index is 0. The molecule has 0 spiro atoms. The van der Waals surface area contributed by atoms with Crippen LogP contribution in [0.25, 0.3) is 0 Å². The van der Waals surface area contributed by atoms with Crippen LogP contribution < -0.4 is 0 Å². The van der Waals surface area contributed by atoms with Gasteiger partial charge in [-0.2, -0.15) is 0 Å². The van der Waals surface area contributed by atoms with Gasteiger partial charge in [0.1, 0.15) is 5.60 Å². The highest BCUT2D eigenvalue weighted by atomic mass is 79.9. The van der Waals surface area contributed by atoms with E-state index in [1.165, 1.54) is 0 Å². The molecule has 0 amide bonds. The van der Waals surface area contributed by atoms with E-state index in [4.69, 9.17) is 23.2 Å². The van der Waals surface area contributed by atoms with Crippen molar-refractivity contribution in [2.24, 2.45) is 5.92 Å². The Morgan fingerprint density at radius 2 is 1.65 bits per heavy atom. The van der Waals surface area contributed by atoms with Gasteiger partial charge in [0, 0.05) is 28.7 Å². The van der Waals surface area contributed by atoms with Gasteiger partial charge in [-0.05, 0) is 54.9 Å². The summed E-state index contributed by atoms with van der Waals surface area (Å²) >= 11 is 11.9. The van der Waals surface area contributed by atoms with Crippen LogP contribution in [0.2, 0.25) is 10.0 Å². The monoisotopic (exact) mass is 457 g/mol. The lowest BCUT2D eigenvalue weighted by molar-refractivity contribution is -0.0631. The van der Waals surface area contributed by atoms with Crippen molar-refractivity contribution in [2.45, 2.75) is 18.9 Å². The number of carbonyl (C=O) groups is 1. The van der Waals surface area contributed by atoms with Crippen molar-refractivity contribution in [3.63, 3.8) is 0 Å². The molecule has 1 aliphatic rings. The molecule has 0 aliphatic carbocycles. The molecule has 1 heterocycles. The maximum atomic E-state index is 13.2. The number of ketones is 1. The van der Waals surface area contributed by atoms with E-state index in [2.05, 4.69) is 11.8 Å². The number of aliphatic hydroxyl groups is 1. The smallest absolute Gasteiger partial charge is 0.170 e. The highest BCUT2D eigenvalue weighted by Crippen LogP contribution is 2.39. The van der Waals surface area contributed by atoms with E-state index in [0.29, 0.717) is 28.6 Å². The van der Waals surface area contributed by atoms with Gasteiger partial charge < -0.3 is 10.0 Å². The number of carbonyl (C=O) groups excluding carboxylic acids is 1. The van der Waals surface area contributed by atoms with Crippen molar-refractivity contribution in [1.82, 2.24) is 4.90 Å². The number of halogens is 3. The Balaban J connectivity index is 0.00000243. The van der Waals surface area contributed by atoms with E-state index in [0.717, 1.165) is 18.7 Å². The topological polar surface area (TPSA) is 40.5 Å². The summed E-state index contributed by atoms with van der Waals surface area (Å²) in [5, 5.41) is 12.7. The van der Waals surface area contributed by atoms with Gasteiger partial charge in [0.15, 0.2) is 5.78 Å². The molecule has 0 aromatic heterocycles. The number of hydrogen-bond donors (Lipinski definition) is 1. The number of hydrogen-bond acceptors (Lipinski definition) is 3. The summed E-state index contributed by atoms with van der Waals surface area (Å²) < 4.78 is 0. The molecule has 1 fully saturated rings. The summed E-state index contributed by atoms with van der Waals surface area (Å²) in [4.78, 5) is 15.4. The molecule has 1 N–H and O–H groups in total. The van der Waals surface area contributed by atoms with Crippen LogP contribution >= 0.6 is 40.2 Å². The van der Waals surface area contributed by atoms with Gasteiger partial charge in [0.2, 0.25) is 0 Å². The molecular formula is C20H22BrCl2NO2. The number of piperidine rings is 1. The molecular weight excluding hydrogens is 437 g/mol. The van der Waals surface area contributed by atoms with E-state index in [9.17, 15) is 9.90 Å². The minimum Gasteiger partial charge on any atom is -0.384 e. The van der Waals surface area contributed by atoms with Gasteiger partial charge in [-0.25, -0.2) is 0 Å². The van der Waals surface area contributed by atoms with Crippen LogP contribution in [-0.2, 0) is 5.60 Å². The van der Waals surface area contributed by atoms with E-state index in [1.54, 1.807) is 36.4 Å². The Hall–Kier alpha value is -0.910. The van der Waals surface area contributed by atoms with Crippen LogP contribution in [0.15, 0.2) is 48.5 Å². The Labute approximate surface area is 174 Å². The molecule has 1 saturated heterocycles. The highest BCUT2D eigenvalue weighted by molar-refractivity contribution is 8.93. The molecule has 3 nitrogen and oxygen atoms in total. The second-order valence-corrected chi connectivity index (χ2v) is 7.37. The predicted molar refractivity (Wildman–Crippen MR) is 112 cm³/mol. The summed E-state index contributed by atoms with van der Waals surface area (Å²) in [7, 11) is 0. The fourth-order valence-electron chi connectivity index (χ4n) is 3.49. The van der Waals surface area contributed by atoms with Gasteiger partial charge in [0.25, 0.3) is 0 Å². The molecule has 26 heavy (non-hydrogen) atoms.